The molecule has 0 bridgehead atoms. The fraction of sp³-hybridized carbons (Fsp3) is 0.333. The zero-order chi connectivity index (χ0) is 30.6. The van der Waals surface area contributed by atoms with Gasteiger partial charge in [-0.3, -0.25) is 24.5 Å². The monoisotopic (exact) mass is 630 g/mol. The molecule has 15 heteroatoms. The number of phenolic OH excluding ortho intramolecular Hbond substituents is 1. The number of rotatable bonds is 3. The normalized spacial score (nSPS) is 31.9. The average molecular weight is 631 g/mol. The molecule has 2 heterocycles. The highest BCUT2D eigenvalue weighted by Crippen LogP contribution is 2.67. The van der Waals surface area contributed by atoms with E-state index < -0.39 is 104 Å². The van der Waals surface area contributed by atoms with E-state index in [0.717, 1.165) is 0 Å². The molecule has 2 aliphatic heterocycles. The molecular weight excluding hydrogens is 614 g/mol. The van der Waals surface area contributed by atoms with E-state index in [1.165, 1.54) is 31.4 Å². The van der Waals surface area contributed by atoms with E-state index >= 15 is 0 Å². The number of hydrogen-bond acceptors (Lipinski definition) is 6. The minimum absolute atomic E-state index is 0.0216. The maximum atomic E-state index is 15.0. The van der Waals surface area contributed by atoms with E-state index in [0.29, 0.717) is 0 Å². The van der Waals surface area contributed by atoms with E-state index in [-0.39, 0.29) is 28.2 Å². The Hall–Kier alpha value is -3.71. The van der Waals surface area contributed by atoms with Gasteiger partial charge < -0.3 is 9.84 Å². The lowest BCUT2D eigenvalue weighted by Crippen LogP contribution is -2.60. The van der Waals surface area contributed by atoms with Gasteiger partial charge in [0.25, 0.3) is 11.8 Å². The van der Waals surface area contributed by atoms with Crippen LogP contribution in [0.1, 0.15) is 24.3 Å². The molecule has 42 heavy (non-hydrogen) atoms. The molecule has 6 unspecified atom stereocenters. The average Bonchev–Trinajstić information content (AvgIpc) is 3.33. The Bertz CT molecular complexity index is 1660. The van der Waals surface area contributed by atoms with Crippen molar-refractivity contribution in [2.24, 2.45) is 17.8 Å². The number of methoxy groups -OCH3 is 1. The number of hydrogen-bond donors (Lipinski definition) is 2. The number of fused-ring (bicyclic) bond motifs is 4. The molecule has 2 aliphatic carbocycles. The number of halogens is 7. The predicted molar refractivity (Wildman–Crippen MR) is 134 cm³/mol. The number of benzene rings is 2. The Morgan fingerprint density at radius 3 is 2.17 bits per heavy atom. The fourth-order valence-electron chi connectivity index (χ4n) is 6.80. The number of nitrogens with one attached hydrogen (secondary N) is 1. The number of allylic oxidation sites excluding steroid dienone is 2. The van der Waals surface area contributed by atoms with Crippen molar-refractivity contribution in [2.45, 2.75) is 28.5 Å². The van der Waals surface area contributed by atoms with Gasteiger partial charge in [-0.1, -0.05) is 17.7 Å². The summed E-state index contributed by atoms with van der Waals surface area (Å²) in [4.78, 5) is 47.8. The minimum Gasteiger partial charge on any atom is -0.508 e. The molecule has 4 aliphatic rings. The summed E-state index contributed by atoms with van der Waals surface area (Å²) in [5, 5.41) is 13.2. The number of carbonyl (C=O) groups is 4. The minimum atomic E-state index is -2.76. The quantitative estimate of drug-likeness (QED) is 0.133. The van der Waals surface area contributed by atoms with E-state index in [4.69, 9.17) is 27.9 Å². The summed E-state index contributed by atoms with van der Waals surface area (Å²) in [5.41, 5.74) is -1.89. The van der Waals surface area contributed by atoms with Gasteiger partial charge in [0.15, 0.2) is 33.0 Å². The van der Waals surface area contributed by atoms with Crippen molar-refractivity contribution in [1.29, 1.82) is 0 Å². The third-order valence-corrected chi connectivity index (χ3v) is 10.0. The first-order valence-electron chi connectivity index (χ1n) is 12.4. The number of aromatic hydroxyl groups is 1. The largest absolute Gasteiger partial charge is 0.508 e. The molecule has 3 fully saturated rings. The van der Waals surface area contributed by atoms with Gasteiger partial charge in [-0.25, -0.2) is 26.9 Å². The predicted octanol–water partition coefficient (Wildman–Crippen LogP) is 3.95. The van der Waals surface area contributed by atoms with E-state index in [1.807, 2.05) is 0 Å². The van der Waals surface area contributed by atoms with Crippen molar-refractivity contribution >= 4 is 52.5 Å². The van der Waals surface area contributed by atoms with Crippen LogP contribution in [0, 0.1) is 46.8 Å². The Morgan fingerprint density at radius 2 is 1.55 bits per heavy atom. The van der Waals surface area contributed by atoms with Gasteiger partial charge in [0.05, 0.1) is 18.9 Å². The zero-order valence-electron chi connectivity index (χ0n) is 21.1. The number of amides is 4. The maximum Gasteiger partial charge on any atom is 0.258 e. The van der Waals surface area contributed by atoms with Crippen LogP contribution in [0.25, 0.3) is 0 Å². The summed E-state index contributed by atoms with van der Waals surface area (Å²) in [6.07, 6.45) is 0.834. The Kier molecular flexibility index (Phi) is 6.18. The first kappa shape index (κ1) is 28.4. The third kappa shape index (κ3) is 3.29. The molecule has 2 saturated heterocycles. The summed E-state index contributed by atoms with van der Waals surface area (Å²) in [6.45, 7) is 0. The lowest BCUT2D eigenvalue weighted by Gasteiger charge is -2.50. The summed E-state index contributed by atoms with van der Waals surface area (Å²) < 4.78 is 77.6. The zero-order valence-corrected chi connectivity index (χ0v) is 22.6. The molecule has 1 saturated carbocycles. The Labute approximate surface area is 243 Å². The van der Waals surface area contributed by atoms with Crippen LogP contribution >= 0.6 is 23.2 Å². The lowest BCUT2D eigenvalue weighted by molar-refractivity contribution is -0.127. The fourth-order valence-corrected chi connectivity index (χ4v) is 7.71. The Balaban J connectivity index is 1.65. The highest BCUT2D eigenvalue weighted by atomic mass is 35.5. The smallest absolute Gasteiger partial charge is 0.258 e. The number of nitrogens with zero attached hydrogens (tertiary/aromatic N) is 1. The number of carbonyl (C=O) groups excluding carboxylic acids is 4. The van der Waals surface area contributed by atoms with E-state index in [9.17, 15) is 46.2 Å². The number of anilines is 1. The van der Waals surface area contributed by atoms with Crippen molar-refractivity contribution in [3.8, 4) is 11.5 Å². The molecule has 0 aromatic heterocycles. The second-order valence-electron chi connectivity index (χ2n) is 10.4. The number of phenols is 1. The molecule has 2 N–H and O–H groups in total. The highest BCUT2D eigenvalue weighted by molar-refractivity contribution is 6.58. The standard InChI is InChI=1S/C27H17Cl2F5N2O6/c1-42-12-4-2-3-11(37)14(12)15-8-5-6-9-13(23(39)35-22(9)38)10(8)7-26(28)24(40)36(25(41)27(15,26)29)21-19(33)17(31)16(30)18(32)20(21)34/h2-5,9-10,13,15,37H,6-7H2,1H3,(H,35,38,39). The van der Waals surface area contributed by atoms with Crippen LogP contribution in [0.3, 0.4) is 0 Å². The highest BCUT2D eigenvalue weighted by Gasteiger charge is 2.77. The molecule has 0 radical (unpaired) electrons. The molecule has 0 spiro atoms. The molecule has 220 valence electrons. The summed E-state index contributed by atoms with van der Waals surface area (Å²) in [6, 6.07) is 3.94. The molecule has 8 nitrogen and oxygen atoms in total. The van der Waals surface area contributed by atoms with Gasteiger partial charge in [0.2, 0.25) is 17.6 Å². The first-order chi connectivity index (χ1) is 19.7. The van der Waals surface area contributed by atoms with Crippen LogP contribution < -0.4 is 15.0 Å². The molecule has 2 aromatic rings. The van der Waals surface area contributed by atoms with Crippen molar-refractivity contribution in [2.75, 3.05) is 12.0 Å². The maximum absolute atomic E-state index is 15.0. The van der Waals surface area contributed by atoms with Gasteiger partial charge in [-0.2, -0.15) is 0 Å². The van der Waals surface area contributed by atoms with Gasteiger partial charge in [0, 0.05) is 11.5 Å². The van der Waals surface area contributed by atoms with Crippen LogP contribution in [0.15, 0.2) is 29.8 Å². The van der Waals surface area contributed by atoms with Crippen LogP contribution in [0.2, 0.25) is 0 Å². The third-order valence-electron chi connectivity index (χ3n) is 8.62. The molecular formula is C27H17Cl2F5N2O6. The molecule has 6 atom stereocenters. The molecule has 6 rings (SSSR count). The summed E-state index contributed by atoms with van der Waals surface area (Å²) in [7, 11) is 1.21. The summed E-state index contributed by atoms with van der Waals surface area (Å²) in [5.74, 6) is -22.2. The first-order valence-corrected chi connectivity index (χ1v) is 13.2. The SMILES string of the molecule is COc1cccc(O)c1C1C2=CCC3C(=O)NC(=O)C3C2CC2(Cl)C(=O)N(c3c(F)c(F)c(F)c(F)c3F)C(=O)C12Cl. The van der Waals surface area contributed by atoms with Gasteiger partial charge in [-0.05, 0) is 30.9 Å². The molecule has 2 aromatic carbocycles. The van der Waals surface area contributed by atoms with Crippen molar-refractivity contribution < 1.29 is 51.0 Å². The van der Waals surface area contributed by atoms with Gasteiger partial charge in [-0.15, -0.1) is 23.2 Å². The van der Waals surface area contributed by atoms with E-state index in [2.05, 4.69) is 5.32 Å². The van der Waals surface area contributed by atoms with Crippen LogP contribution in [0.4, 0.5) is 27.6 Å². The van der Waals surface area contributed by atoms with Crippen LogP contribution in [-0.4, -0.2) is 45.6 Å². The second-order valence-corrected chi connectivity index (χ2v) is 11.7. The van der Waals surface area contributed by atoms with Crippen molar-refractivity contribution in [3.05, 3.63) is 64.5 Å². The lowest BCUT2D eigenvalue weighted by atomic mass is 9.56. The van der Waals surface area contributed by atoms with Crippen LogP contribution in [-0.2, 0) is 19.2 Å². The number of imide groups is 2. The molecule has 4 amide bonds. The van der Waals surface area contributed by atoms with Gasteiger partial charge >= 0.3 is 0 Å². The summed E-state index contributed by atoms with van der Waals surface area (Å²) >= 11 is 13.9. The number of ether oxygens (including phenoxy) is 1. The van der Waals surface area contributed by atoms with Crippen molar-refractivity contribution in [3.63, 3.8) is 0 Å². The van der Waals surface area contributed by atoms with E-state index in [1.54, 1.807) is 0 Å². The Morgan fingerprint density at radius 1 is 0.929 bits per heavy atom. The second kappa shape index (κ2) is 9.14. The topological polar surface area (TPSA) is 113 Å². The van der Waals surface area contributed by atoms with Crippen molar-refractivity contribution in [1.82, 2.24) is 5.32 Å². The number of alkyl halides is 2. The van der Waals surface area contributed by atoms with Crippen LogP contribution in [0.5, 0.6) is 11.5 Å². The van der Waals surface area contributed by atoms with Gasteiger partial charge in [0.1, 0.15) is 17.2 Å².